The maximum Gasteiger partial charge on any atom is 0.257 e. The van der Waals surface area contributed by atoms with Gasteiger partial charge in [-0.3, -0.25) is 9.78 Å². The number of hydrogen-bond donors (Lipinski definition) is 1. The van der Waals surface area contributed by atoms with Crippen LogP contribution in [0.5, 0.6) is 0 Å². The summed E-state index contributed by atoms with van der Waals surface area (Å²) in [4.78, 5) is 16.2. The second kappa shape index (κ2) is 7.06. The van der Waals surface area contributed by atoms with Crippen molar-refractivity contribution in [3.63, 3.8) is 0 Å². The molecule has 0 aliphatic heterocycles. The Labute approximate surface area is 155 Å². The third-order valence-electron chi connectivity index (χ3n) is 4.19. The highest BCUT2D eigenvalue weighted by atomic mass is 32.2. The Hall–Kier alpha value is -3.05. The van der Waals surface area contributed by atoms with Gasteiger partial charge in [0, 0.05) is 29.2 Å². The van der Waals surface area contributed by atoms with E-state index in [4.69, 9.17) is 0 Å². The van der Waals surface area contributed by atoms with Gasteiger partial charge >= 0.3 is 0 Å². The Kier molecular flexibility index (Phi) is 4.46. The normalized spacial score (nSPS) is 10.8. The summed E-state index contributed by atoms with van der Waals surface area (Å²) in [7, 11) is 0. The number of fused-ring (bicyclic) bond motifs is 1. The van der Waals surface area contributed by atoms with E-state index in [0.717, 1.165) is 11.4 Å². The van der Waals surface area contributed by atoms with Crippen molar-refractivity contribution in [3.8, 4) is 5.69 Å². The Bertz CT molecular complexity index is 1060. The molecule has 0 fully saturated rings. The maximum absolute atomic E-state index is 12.2. The fourth-order valence-corrected chi connectivity index (χ4v) is 3.57. The summed E-state index contributed by atoms with van der Waals surface area (Å²) in [6.45, 7) is 0. The number of amides is 1. The lowest BCUT2D eigenvalue weighted by atomic mass is 10.2. The number of aromatic nitrogens is 2. The van der Waals surface area contributed by atoms with Crippen LogP contribution in [0.1, 0.15) is 10.4 Å². The zero-order chi connectivity index (χ0) is 17.9. The Balaban J connectivity index is 1.64. The predicted octanol–water partition coefficient (Wildman–Crippen LogP) is 5.00. The van der Waals surface area contributed by atoms with Crippen LogP contribution in [0.4, 0.5) is 5.69 Å². The van der Waals surface area contributed by atoms with E-state index in [9.17, 15) is 4.79 Å². The number of carbonyl (C=O) groups excluding carboxylic acids is 1. The van der Waals surface area contributed by atoms with Gasteiger partial charge in [0.1, 0.15) is 0 Å². The minimum Gasteiger partial charge on any atom is -0.322 e. The first-order valence-corrected chi connectivity index (χ1v) is 9.45. The van der Waals surface area contributed by atoms with Crippen molar-refractivity contribution in [2.45, 2.75) is 5.03 Å². The first-order valence-electron chi connectivity index (χ1n) is 8.22. The lowest BCUT2D eigenvalue weighted by Gasteiger charge is -2.11. The fourth-order valence-electron chi connectivity index (χ4n) is 2.94. The molecule has 0 atom stereocenters. The van der Waals surface area contributed by atoms with E-state index in [1.807, 2.05) is 36.4 Å². The van der Waals surface area contributed by atoms with Gasteiger partial charge in [-0.1, -0.05) is 18.2 Å². The van der Waals surface area contributed by atoms with Gasteiger partial charge in [0.25, 0.3) is 5.91 Å². The van der Waals surface area contributed by atoms with Crippen molar-refractivity contribution in [1.29, 1.82) is 0 Å². The smallest absolute Gasteiger partial charge is 0.257 e. The van der Waals surface area contributed by atoms with Gasteiger partial charge in [-0.05, 0) is 54.8 Å². The summed E-state index contributed by atoms with van der Waals surface area (Å²) in [6.07, 6.45) is 5.28. The Morgan fingerprint density at radius 1 is 1.04 bits per heavy atom. The number of benzene rings is 2. The molecule has 2 aromatic carbocycles. The lowest BCUT2D eigenvalue weighted by molar-refractivity contribution is 0.102. The van der Waals surface area contributed by atoms with Crippen LogP contribution in [0.15, 0.2) is 84.1 Å². The summed E-state index contributed by atoms with van der Waals surface area (Å²) in [6, 6.07) is 21.9. The molecule has 0 saturated carbocycles. The van der Waals surface area contributed by atoms with E-state index in [0.29, 0.717) is 5.56 Å². The number of nitrogens with zero attached hydrogens (tertiary/aromatic N) is 2. The highest BCUT2D eigenvalue weighted by molar-refractivity contribution is 7.98. The van der Waals surface area contributed by atoms with Gasteiger partial charge < -0.3 is 9.88 Å². The minimum atomic E-state index is -0.165. The number of thioether (sulfide) groups is 1. The zero-order valence-corrected chi connectivity index (χ0v) is 15.0. The molecule has 4 nitrogen and oxygen atoms in total. The quantitative estimate of drug-likeness (QED) is 0.522. The average molecular weight is 359 g/mol. The van der Waals surface area contributed by atoms with Crippen molar-refractivity contribution < 1.29 is 4.79 Å². The van der Waals surface area contributed by atoms with Gasteiger partial charge in [0.15, 0.2) is 0 Å². The lowest BCUT2D eigenvalue weighted by Crippen LogP contribution is -2.12. The molecule has 0 aliphatic carbocycles. The number of rotatable bonds is 4. The fraction of sp³-hybridized carbons (Fsp3) is 0.0476. The van der Waals surface area contributed by atoms with Gasteiger partial charge in [-0.15, -0.1) is 11.8 Å². The molecule has 5 heteroatoms. The Morgan fingerprint density at radius 3 is 2.58 bits per heavy atom. The third-order valence-corrected chi connectivity index (χ3v) is 4.91. The van der Waals surface area contributed by atoms with Crippen LogP contribution in [-0.2, 0) is 0 Å². The number of carbonyl (C=O) groups is 1. The molecule has 26 heavy (non-hydrogen) atoms. The average Bonchev–Trinajstić information content (AvgIpc) is 3.08. The summed E-state index contributed by atoms with van der Waals surface area (Å²) in [5.41, 5.74) is 3.53. The van der Waals surface area contributed by atoms with E-state index in [-0.39, 0.29) is 5.91 Å². The summed E-state index contributed by atoms with van der Waals surface area (Å²) >= 11 is 1.71. The molecule has 1 N–H and O–H groups in total. The molecular weight excluding hydrogens is 342 g/mol. The van der Waals surface area contributed by atoms with Crippen molar-refractivity contribution in [2.24, 2.45) is 0 Å². The number of anilines is 1. The topological polar surface area (TPSA) is 46.9 Å². The molecule has 0 unspecified atom stereocenters. The zero-order valence-electron chi connectivity index (χ0n) is 14.2. The van der Waals surface area contributed by atoms with E-state index >= 15 is 0 Å². The van der Waals surface area contributed by atoms with Crippen molar-refractivity contribution in [3.05, 3.63) is 84.7 Å². The van der Waals surface area contributed by atoms with E-state index in [2.05, 4.69) is 39.3 Å². The van der Waals surface area contributed by atoms with Gasteiger partial charge in [-0.25, -0.2) is 0 Å². The maximum atomic E-state index is 12.2. The number of para-hydroxylation sites is 1. The van der Waals surface area contributed by atoms with Crippen LogP contribution in [0, 0.1) is 0 Å². The van der Waals surface area contributed by atoms with Crippen molar-refractivity contribution in [1.82, 2.24) is 9.55 Å². The largest absolute Gasteiger partial charge is 0.322 e. The molecule has 4 rings (SSSR count). The molecule has 0 radical (unpaired) electrons. The van der Waals surface area contributed by atoms with Crippen LogP contribution in [-0.4, -0.2) is 21.7 Å². The standard InChI is InChI=1S/C21H17N3OS/c1-26-20-13-15-5-2-3-7-19(15)24(20)18-10-8-17(9-11-18)23-21(25)16-6-4-12-22-14-16/h2-14H,1H3,(H,23,25). The number of nitrogens with one attached hydrogen (secondary N) is 1. The molecule has 0 saturated heterocycles. The van der Waals surface area contributed by atoms with Gasteiger partial charge in [0.2, 0.25) is 0 Å². The predicted molar refractivity (Wildman–Crippen MR) is 107 cm³/mol. The van der Waals surface area contributed by atoms with Crippen LogP contribution >= 0.6 is 11.8 Å². The SMILES string of the molecule is CSc1cc2ccccc2n1-c1ccc(NC(=O)c2cccnc2)cc1. The highest BCUT2D eigenvalue weighted by Crippen LogP contribution is 2.30. The molecule has 2 heterocycles. The van der Waals surface area contributed by atoms with Gasteiger partial charge in [0.05, 0.1) is 16.1 Å². The highest BCUT2D eigenvalue weighted by Gasteiger charge is 2.10. The molecular formula is C21H17N3OS. The second-order valence-corrected chi connectivity index (χ2v) is 6.65. The molecule has 128 valence electrons. The van der Waals surface area contributed by atoms with Crippen molar-refractivity contribution >= 4 is 34.3 Å². The molecule has 0 spiro atoms. The second-order valence-electron chi connectivity index (χ2n) is 5.82. The van der Waals surface area contributed by atoms with E-state index < -0.39 is 0 Å². The van der Waals surface area contributed by atoms with E-state index in [1.54, 1.807) is 36.3 Å². The van der Waals surface area contributed by atoms with Crippen LogP contribution in [0.2, 0.25) is 0 Å². The summed E-state index contributed by atoms with van der Waals surface area (Å²) in [5.74, 6) is -0.165. The van der Waals surface area contributed by atoms with Crippen LogP contribution < -0.4 is 5.32 Å². The first-order chi connectivity index (χ1) is 12.8. The number of hydrogen-bond acceptors (Lipinski definition) is 3. The van der Waals surface area contributed by atoms with Crippen molar-refractivity contribution in [2.75, 3.05) is 11.6 Å². The van der Waals surface area contributed by atoms with Gasteiger partial charge in [-0.2, -0.15) is 0 Å². The summed E-state index contributed by atoms with van der Waals surface area (Å²) in [5, 5.41) is 5.30. The van der Waals surface area contributed by atoms with Crippen LogP contribution in [0.3, 0.4) is 0 Å². The monoisotopic (exact) mass is 359 g/mol. The molecule has 0 aliphatic rings. The molecule has 0 bridgehead atoms. The Morgan fingerprint density at radius 2 is 1.85 bits per heavy atom. The minimum absolute atomic E-state index is 0.165. The number of pyridine rings is 1. The third kappa shape index (κ3) is 3.09. The van der Waals surface area contributed by atoms with Crippen LogP contribution in [0.25, 0.3) is 16.6 Å². The first kappa shape index (κ1) is 16.4. The molecule has 2 aromatic heterocycles. The van der Waals surface area contributed by atoms with E-state index in [1.165, 1.54) is 15.9 Å². The summed E-state index contributed by atoms with van der Waals surface area (Å²) < 4.78 is 2.23. The molecule has 4 aromatic rings. The molecule has 1 amide bonds.